The Morgan fingerprint density at radius 3 is 2.74 bits per heavy atom. The van der Waals surface area contributed by atoms with Gasteiger partial charge in [0.2, 0.25) is 0 Å². The van der Waals surface area contributed by atoms with E-state index >= 15 is 0 Å². The predicted molar refractivity (Wildman–Crippen MR) is 86.5 cm³/mol. The number of fused-ring (bicyclic) bond motifs is 1. The number of rotatable bonds is 4. The summed E-state index contributed by atoms with van der Waals surface area (Å²) in [6.45, 7) is 2.92. The van der Waals surface area contributed by atoms with Crippen molar-refractivity contribution in [1.29, 1.82) is 0 Å². The zero-order valence-corrected chi connectivity index (χ0v) is 13.9. The molecule has 1 aromatic rings. The van der Waals surface area contributed by atoms with E-state index in [1.54, 1.807) is 25.1 Å². The summed E-state index contributed by atoms with van der Waals surface area (Å²) in [4.78, 5) is 11.4. The van der Waals surface area contributed by atoms with E-state index < -0.39 is 16.3 Å². The van der Waals surface area contributed by atoms with E-state index in [1.807, 2.05) is 0 Å². The summed E-state index contributed by atoms with van der Waals surface area (Å²) in [7, 11) is -3.50. The molecule has 1 amide bonds. The van der Waals surface area contributed by atoms with Gasteiger partial charge in [-0.1, -0.05) is 12.5 Å². The van der Waals surface area contributed by atoms with Gasteiger partial charge in [-0.3, -0.25) is 4.79 Å². The first-order valence-electron chi connectivity index (χ1n) is 7.80. The molecule has 2 heterocycles. The van der Waals surface area contributed by atoms with Crippen molar-refractivity contribution in [1.82, 2.24) is 9.03 Å². The van der Waals surface area contributed by atoms with E-state index in [2.05, 4.69) is 10.0 Å². The highest BCUT2D eigenvalue weighted by Gasteiger charge is 2.26. The fourth-order valence-corrected chi connectivity index (χ4v) is 4.31. The van der Waals surface area contributed by atoms with E-state index in [0.717, 1.165) is 24.8 Å². The number of carbonyl (C=O) groups excluding carboxylic acids is 1. The van der Waals surface area contributed by atoms with Gasteiger partial charge in [-0.15, -0.1) is 0 Å². The molecule has 1 fully saturated rings. The van der Waals surface area contributed by atoms with Crippen LogP contribution in [0.4, 0.5) is 5.69 Å². The van der Waals surface area contributed by atoms with Crippen LogP contribution in [-0.4, -0.2) is 38.3 Å². The summed E-state index contributed by atoms with van der Waals surface area (Å²) in [5.41, 5.74) is 1.35. The number of amides is 1. The molecule has 2 aliphatic rings. The number of benzene rings is 1. The molecular weight excluding hydrogens is 318 g/mol. The Hall–Kier alpha value is -1.64. The van der Waals surface area contributed by atoms with Gasteiger partial charge in [0.25, 0.3) is 16.1 Å². The summed E-state index contributed by atoms with van der Waals surface area (Å²) in [6, 6.07) is 4.90. The number of hydrogen-bond acceptors (Lipinski definition) is 4. The van der Waals surface area contributed by atoms with Crippen molar-refractivity contribution in [3.8, 4) is 5.75 Å². The molecule has 0 bridgehead atoms. The first kappa shape index (κ1) is 16.2. The van der Waals surface area contributed by atoms with Crippen molar-refractivity contribution >= 4 is 21.8 Å². The maximum absolute atomic E-state index is 12.4. The Morgan fingerprint density at radius 2 is 2.00 bits per heavy atom. The number of nitrogens with zero attached hydrogens (tertiary/aromatic N) is 1. The molecule has 0 radical (unpaired) electrons. The minimum absolute atomic E-state index is 0.00346. The minimum Gasteiger partial charge on any atom is -0.482 e. The van der Waals surface area contributed by atoms with Crippen molar-refractivity contribution in [3.05, 3.63) is 23.8 Å². The fraction of sp³-hybridized carbons (Fsp3) is 0.533. The molecule has 0 unspecified atom stereocenters. The largest absolute Gasteiger partial charge is 0.482 e. The van der Waals surface area contributed by atoms with E-state index in [0.29, 0.717) is 24.5 Å². The van der Waals surface area contributed by atoms with E-state index in [-0.39, 0.29) is 12.5 Å². The minimum atomic E-state index is -3.50. The first-order valence-corrected chi connectivity index (χ1v) is 9.24. The van der Waals surface area contributed by atoms with Crippen molar-refractivity contribution in [3.63, 3.8) is 0 Å². The molecular formula is C15H21N3O4S. The highest BCUT2D eigenvalue weighted by atomic mass is 32.2. The van der Waals surface area contributed by atoms with Crippen LogP contribution in [0.1, 0.15) is 37.8 Å². The molecule has 0 saturated carbocycles. The van der Waals surface area contributed by atoms with Gasteiger partial charge in [0.05, 0.1) is 5.69 Å². The summed E-state index contributed by atoms with van der Waals surface area (Å²) in [5, 5.41) is 2.73. The SMILES string of the molecule is C[C@@H](NS(=O)(=O)N1CCCCC1)c1ccc2c(c1)NC(=O)CO2. The van der Waals surface area contributed by atoms with Crippen molar-refractivity contribution in [2.75, 3.05) is 25.0 Å². The number of hydrogen-bond donors (Lipinski definition) is 2. The second-order valence-corrected chi connectivity index (χ2v) is 7.60. The third kappa shape index (κ3) is 3.65. The van der Waals surface area contributed by atoms with Crippen molar-refractivity contribution < 1.29 is 17.9 Å². The highest BCUT2D eigenvalue weighted by Crippen LogP contribution is 2.30. The van der Waals surface area contributed by atoms with Crippen LogP contribution >= 0.6 is 0 Å². The second kappa shape index (κ2) is 6.46. The molecule has 1 atom stereocenters. The van der Waals surface area contributed by atoms with Crippen LogP contribution in [-0.2, 0) is 15.0 Å². The normalized spacial score (nSPS) is 20.3. The van der Waals surface area contributed by atoms with E-state index in [1.165, 1.54) is 4.31 Å². The molecule has 8 heteroatoms. The van der Waals surface area contributed by atoms with Gasteiger partial charge in [0.15, 0.2) is 6.61 Å². The number of carbonyl (C=O) groups is 1. The van der Waals surface area contributed by atoms with E-state index in [9.17, 15) is 13.2 Å². The number of ether oxygens (including phenoxy) is 1. The molecule has 23 heavy (non-hydrogen) atoms. The van der Waals surface area contributed by atoms with Gasteiger partial charge in [-0.25, -0.2) is 0 Å². The molecule has 1 aromatic carbocycles. The molecule has 2 N–H and O–H groups in total. The van der Waals surface area contributed by atoms with Crippen LogP contribution in [0.5, 0.6) is 5.75 Å². The van der Waals surface area contributed by atoms with Gasteiger partial charge >= 0.3 is 0 Å². The highest BCUT2D eigenvalue weighted by molar-refractivity contribution is 7.87. The molecule has 0 spiro atoms. The lowest BCUT2D eigenvalue weighted by molar-refractivity contribution is -0.118. The monoisotopic (exact) mass is 339 g/mol. The van der Waals surface area contributed by atoms with Gasteiger partial charge in [0, 0.05) is 19.1 Å². The molecule has 1 saturated heterocycles. The van der Waals surface area contributed by atoms with Crippen molar-refractivity contribution in [2.24, 2.45) is 0 Å². The van der Waals surface area contributed by atoms with Crippen LogP contribution in [0.25, 0.3) is 0 Å². The summed E-state index contributed by atoms with van der Waals surface area (Å²) >= 11 is 0. The zero-order chi connectivity index (χ0) is 16.4. The molecule has 2 aliphatic heterocycles. The van der Waals surface area contributed by atoms with Gasteiger partial charge in [-0.2, -0.15) is 17.4 Å². The maximum Gasteiger partial charge on any atom is 0.279 e. The maximum atomic E-state index is 12.4. The molecule has 3 rings (SSSR count). The molecule has 7 nitrogen and oxygen atoms in total. The van der Waals surface area contributed by atoms with Crippen LogP contribution in [0.3, 0.4) is 0 Å². The Bertz CT molecular complexity index is 699. The Kier molecular flexibility index (Phi) is 4.56. The first-order chi connectivity index (χ1) is 11.0. The topological polar surface area (TPSA) is 87.7 Å². The number of piperidine rings is 1. The quantitative estimate of drug-likeness (QED) is 0.868. The second-order valence-electron chi connectivity index (χ2n) is 5.90. The average Bonchev–Trinajstić information content (AvgIpc) is 2.54. The molecule has 0 aliphatic carbocycles. The fourth-order valence-electron chi connectivity index (χ4n) is 2.84. The van der Waals surface area contributed by atoms with Crippen LogP contribution in [0.15, 0.2) is 18.2 Å². The van der Waals surface area contributed by atoms with Crippen LogP contribution < -0.4 is 14.8 Å². The van der Waals surface area contributed by atoms with Crippen LogP contribution in [0, 0.1) is 0 Å². The smallest absolute Gasteiger partial charge is 0.279 e. The lowest BCUT2D eigenvalue weighted by Gasteiger charge is -2.28. The number of nitrogens with one attached hydrogen (secondary N) is 2. The van der Waals surface area contributed by atoms with Crippen LogP contribution in [0.2, 0.25) is 0 Å². The average molecular weight is 339 g/mol. The molecule has 0 aromatic heterocycles. The van der Waals surface area contributed by atoms with Crippen molar-refractivity contribution in [2.45, 2.75) is 32.2 Å². The van der Waals surface area contributed by atoms with Gasteiger partial charge in [-0.05, 0) is 37.5 Å². The summed E-state index contributed by atoms with van der Waals surface area (Å²) < 4.78 is 34.4. The third-order valence-corrected chi connectivity index (χ3v) is 5.81. The van der Waals surface area contributed by atoms with E-state index in [4.69, 9.17) is 4.74 Å². The Labute approximate surface area is 136 Å². The lowest BCUT2D eigenvalue weighted by atomic mass is 10.1. The predicted octanol–water partition coefficient (Wildman–Crippen LogP) is 1.40. The van der Waals surface area contributed by atoms with Gasteiger partial charge < -0.3 is 10.1 Å². The Balaban J connectivity index is 1.74. The lowest BCUT2D eigenvalue weighted by Crippen LogP contribution is -2.44. The van der Waals surface area contributed by atoms with Gasteiger partial charge in [0.1, 0.15) is 5.75 Å². The Morgan fingerprint density at radius 1 is 1.26 bits per heavy atom. The summed E-state index contributed by atoms with van der Waals surface area (Å²) in [6.07, 6.45) is 2.88. The third-order valence-electron chi connectivity index (χ3n) is 4.12. The summed E-state index contributed by atoms with van der Waals surface area (Å²) in [5.74, 6) is 0.385. The standard InChI is InChI=1S/C15H21N3O4S/c1-11(17-23(20,21)18-7-3-2-4-8-18)12-5-6-14-13(9-12)16-15(19)10-22-14/h5-6,9,11,17H,2-4,7-8,10H2,1H3,(H,16,19)/t11-/m1/s1. The number of anilines is 1. The zero-order valence-electron chi connectivity index (χ0n) is 13.0. The molecule has 126 valence electrons.